The van der Waals surface area contributed by atoms with Crippen LogP contribution in [0.25, 0.3) is 0 Å². The minimum absolute atomic E-state index is 0.195. The molecule has 5 nitrogen and oxygen atoms in total. The van der Waals surface area contributed by atoms with Gasteiger partial charge in [0.25, 0.3) is 5.91 Å². The van der Waals surface area contributed by atoms with Crippen LogP contribution in [0.5, 0.6) is 0 Å². The molecule has 1 rings (SSSR count). The van der Waals surface area contributed by atoms with Crippen LogP contribution in [-0.4, -0.2) is 17.1 Å². The molecule has 0 fully saturated rings. The molecule has 0 aliphatic rings. The summed E-state index contributed by atoms with van der Waals surface area (Å²) in [6, 6.07) is 7.06. The predicted molar refractivity (Wildman–Crippen MR) is 50.2 cm³/mol. The molecule has 70 valence electrons. The monoisotopic (exact) mass is 188 g/mol. The highest BCUT2D eigenvalue weighted by atomic mass is 16.2. The van der Waals surface area contributed by atoms with E-state index in [0.717, 1.165) is 0 Å². The fourth-order valence-electron chi connectivity index (χ4n) is 0.734. The summed E-state index contributed by atoms with van der Waals surface area (Å²) < 4.78 is 0. The van der Waals surface area contributed by atoms with Gasteiger partial charge in [0, 0.05) is 6.20 Å². The Morgan fingerprint density at radius 1 is 1.71 bits per heavy atom. The molecule has 0 spiro atoms. The van der Waals surface area contributed by atoms with Crippen molar-refractivity contribution in [2.45, 2.75) is 6.42 Å². The van der Waals surface area contributed by atoms with E-state index in [1.165, 1.54) is 6.21 Å². The number of rotatable bonds is 3. The lowest BCUT2D eigenvalue weighted by molar-refractivity contribution is -0.120. The van der Waals surface area contributed by atoms with Gasteiger partial charge in [-0.25, -0.2) is 5.43 Å². The Balaban J connectivity index is 2.43. The van der Waals surface area contributed by atoms with E-state index in [9.17, 15) is 4.79 Å². The van der Waals surface area contributed by atoms with Gasteiger partial charge in [-0.3, -0.25) is 9.78 Å². The number of nitriles is 1. The van der Waals surface area contributed by atoms with Crippen molar-refractivity contribution in [1.29, 1.82) is 5.26 Å². The topological polar surface area (TPSA) is 78.1 Å². The van der Waals surface area contributed by atoms with Crippen LogP contribution < -0.4 is 5.43 Å². The van der Waals surface area contributed by atoms with Gasteiger partial charge in [-0.2, -0.15) is 10.4 Å². The SMILES string of the molecule is N#CCC(=O)N/N=C/c1ccccn1. The maximum absolute atomic E-state index is 10.8. The van der Waals surface area contributed by atoms with Gasteiger partial charge in [-0.1, -0.05) is 6.07 Å². The van der Waals surface area contributed by atoms with Crippen molar-refractivity contribution in [1.82, 2.24) is 10.4 Å². The van der Waals surface area contributed by atoms with Crippen LogP contribution in [0.3, 0.4) is 0 Å². The van der Waals surface area contributed by atoms with Crippen LogP contribution in [0.15, 0.2) is 29.5 Å². The van der Waals surface area contributed by atoms with Gasteiger partial charge in [0.15, 0.2) is 0 Å². The van der Waals surface area contributed by atoms with E-state index in [1.807, 2.05) is 6.07 Å². The zero-order valence-electron chi connectivity index (χ0n) is 7.34. The Morgan fingerprint density at radius 3 is 3.21 bits per heavy atom. The molecular formula is C9H8N4O. The zero-order valence-corrected chi connectivity index (χ0v) is 7.34. The lowest BCUT2D eigenvalue weighted by Gasteiger charge is -1.92. The van der Waals surface area contributed by atoms with Crippen LogP contribution in [0.2, 0.25) is 0 Å². The summed E-state index contributed by atoms with van der Waals surface area (Å²) in [5, 5.41) is 11.8. The molecule has 0 unspecified atom stereocenters. The molecule has 1 aromatic heterocycles. The number of pyridine rings is 1. The van der Waals surface area contributed by atoms with Crippen molar-refractivity contribution >= 4 is 12.1 Å². The highest BCUT2D eigenvalue weighted by molar-refractivity contribution is 5.81. The van der Waals surface area contributed by atoms with Gasteiger partial charge in [0.05, 0.1) is 18.0 Å². The van der Waals surface area contributed by atoms with Gasteiger partial charge in [0.1, 0.15) is 6.42 Å². The molecule has 1 aromatic rings. The van der Waals surface area contributed by atoms with Gasteiger partial charge >= 0.3 is 0 Å². The average molecular weight is 188 g/mol. The van der Waals surface area contributed by atoms with E-state index in [-0.39, 0.29) is 6.42 Å². The highest BCUT2D eigenvalue weighted by Gasteiger charge is 1.95. The van der Waals surface area contributed by atoms with Crippen molar-refractivity contribution in [3.8, 4) is 6.07 Å². The first-order chi connectivity index (χ1) is 6.83. The molecule has 0 bridgehead atoms. The lowest BCUT2D eigenvalue weighted by atomic mass is 10.4. The number of hydrazone groups is 1. The van der Waals surface area contributed by atoms with E-state index in [0.29, 0.717) is 5.69 Å². The molecule has 1 amide bonds. The first-order valence-electron chi connectivity index (χ1n) is 3.93. The van der Waals surface area contributed by atoms with Crippen molar-refractivity contribution in [3.05, 3.63) is 30.1 Å². The summed E-state index contributed by atoms with van der Waals surface area (Å²) in [4.78, 5) is 14.7. The molecule has 0 radical (unpaired) electrons. The molecule has 1 N–H and O–H groups in total. The Labute approximate surface area is 81.1 Å². The van der Waals surface area contributed by atoms with E-state index in [2.05, 4.69) is 15.5 Å². The van der Waals surface area contributed by atoms with E-state index in [4.69, 9.17) is 5.26 Å². The minimum Gasteiger partial charge on any atom is -0.272 e. The Bertz CT molecular complexity index is 366. The van der Waals surface area contributed by atoms with Crippen molar-refractivity contribution in [2.24, 2.45) is 5.10 Å². The minimum atomic E-state index is -0.431. The number of amides is 1. The number of aromatic nitrogens is 1. The third-order valence-corrected chi connectivity index (χ3v) is 1.31. The van der Waals surface area contributed by atoms with E-state index >= 15 is 0 Å². The van der Waals surface area contributed by atoms with Crippen molar-refractivity contribution < 1.29 is 4.79 Å². The van der Waals surface area contributed by atoms with Crippen molar-refractivity contribution in [2.75, 3.05) is 0 Å². The summed E-state index contributed by atoms with van der Waals surface area (Å²) in [5.74, 6) is -0.431. The van der Waals surface area contributed by atoms with Crippen LogP contribution in [-0.2, 0) is 4.79 Å². The summed E-state index contributed by atoms with van der Waals surface area (Å²) in [6.45, 7) is 0. The molecule has 0 saturated carbocycles. The Kier molecular flexibility index (Phi) is 3.83. The van der Waals surface area contributed by atoms with Crippen LogP contribution >= 0.6 is 0 Å². The zero-order chi connectivity index (χ0) is 10.2. The smallest absolute Gasteiger partial charge is 0.254 e. The lowest BCUT2D eigenvalue weighted by Crippen LogP contribution is -2.16. The largest absolute Gasteiger partial charge is 0.272 e. The highest BCUT2D eigenvalue weighted by Crippen LogP contribution is 1.87. The quantitative estimate of drug-likeness (QED) is 0.552. The van der Waals surface area contributed by atoms with E-state index in [1.54, 1.807) is 24.4 Å². The number of hydrogen-bond donors (Lipinski definition) is 1. The number of carbonyl (C=O) groups is 1. The van der Waals surface area contributed by atoms with Crippen LogP contribution in [0.4, 0.5) is 0 Å². The molecule has 0 saturated heterocycles. The van der Waals surface area contributed by atoms with E-state index < -0.39 is 5.91 Å². The Hall–Kier alpha value is -2.22. The summed E-state index contributed by atoms with van der Waals surface area (Å²) >= 11 is 0. The third-order valence-electron chi connectivity index (χ3n) is 1.31. The first-order valence-corrected chi connectivity index (χ1v) is 3.93. The van der Waals surface area contributed by atoms with Crippen molar-refractivity contribution in [3.63, 3.8) is 0 Å². The molecular weight excluding hydrogens is 180 g/mol. The molecule has 1 heterocycles. The maximum atomic E-state index is 10.8. The maximum Gasteiger partial charge on any atom is 0.254 e. The second-order valence-corrected chi connectivity index (χ2v) is 2.38. The average Bonchev–Trinajstić information content (AvgIpc) is 2.20. The fraction of sp³-hybridized carbons (Fsp3) is 0.111. The summed E-state index contributed by atoms with van der Waals surface area (Å²) in [7, 11) is 0. The number of nitrogens with zero attached hydrogens (tertiary/aromatic N) is 3. The molecule has 0 aliphatic carbocycles. The second-order valence-electron chi connectivity index (χ2n) is 2.38. The summed E-state index contributed by atoms with van der Waals surface area (Å²) in [6.07, 6.45) is 2.84. The Morgan fingerprint density at radius 2 is 2.57 bits per heavy atom. The first kappa shape index (κ1) is 9.86. The van der Waals surface area contributed by atoms with Gasteiger partial charge in [-0.05, 0) is 12.1 Å². The fourth-order valence-corrected chi connectivity index (χ4v) is 0.734. The molecule has 14 heavy (non-hydrogen) atoms. The number of hydrogen-bond acceptors (Lipinski definition) is 4. The molecule has 0 aromatic carbocycles. The second kappa shape index (κ2) is 5.43. The third kappa shape index (κ3) is 3.45. The molecule has 0 aliphatic heterocycles. The summed E-state index contributed by atoms with van der Waals surface area (Å²) in [5.41, 5.74) is 2.84. The van der Waals surface area contributed by atoms with Crippen LogP contribution in [0, 0.1) is 11.3 Å². The standard InChI is InChI=1S/C9H8N4O/c10-5-4-9(14)13-12-7-8-3-1-2-6-11-8/h1-3,6-7H,4H2,(H,13,14)/b12-7+. The molecule has 5 heteroatoms. The number of nitrogens with one attached hydrogen (secondary N) is 1. The van der Waals surface area contributed by atoms with Gasteiger partial charge < -0.3 is 0 Å². The van der Waals surface area contributed by atoms with Gasteiger partial charge in [0.2, 0.25) is 0 Å². The number of carbonyl (C=O) groups excluding carboxylic acids is 1. The van der Waals surface area contributed by atoms with Crippen LogP contribution in [0.1, 0.15) is 12.1 Å². The predicted octanol–water partition coefficient (Wildman–Crippen LogP) is 0.445. The normalized spacial score (nSPS) is 9.64. The molecule has 0 atom stereocenters. The van der Waals surface area contributed by atoms with Gasteiger partial charge in [-0.15, -0.1) is 0 Å².